The van der Waals surface area contributed by atoms with Crippen LogP contribution in [0.25, 0.3) is 11.1 Å². The number of carbonyl (C=O) groups is 2. The van der Waals surface area contributed by atoms with Crippen molar-refractivity contribution in [1.29, 1.82) is 0 Å². The molecular formula is C32H27F9N4O2. The van der Waals surface area contributed by atoms with Crippen LogP contribution in [0.15, 0.2) is 54.7 Å². The zero-order chi connectivity index (χ0) is 33.6. The Hall–Kier alpha value is -4.69. The molecule has 1 aliphatic rings. The number of amides is 1. The first-order valence-electron chi connectivity index (χ1n) is 13.7. The summed E-state index contributed by atoms with van der Waals surface area (Å²) < 4.78 is 129. The van der Waals surface area contributed by atoms with Gasteiger partial charge in [-0.2, -0.15) is 13.9 Å². The Balaban J connectivity index is 0.00000500. The van der Waals surface area contributed by atoms with E-state index in [1.165, 1.54) is 24.4 Å². The Morgan fingerprint density at radius 3 is 2.21 bits per heavy atom. The maximum atomic E-state index is 14.9. The zero-order valence-electron chi connectivity index (χ0n) is 23.5. The molecule has 1 amide bonds. The molecule has 0 saturated carbocycles. The van der Waals surface area contributed by atoms with E-state index in [4.69, 9.17) is 5.73 Å². The van der Waals surface area contributed by atoms with Crippen LogP contribution >= 0.6 is 0 Å². The summed E-state index contributed by atoms with van der Waals surface area (Å²) in [6, 6.07) is 8.91. The quantitative estimate of drug-likeness (QED) is 0.173. The molecule has 4 aromatic rings. The SMILES string of the molecule is C.NC(=O)c1cc(-c2cccnc2[C@@H](CC(=O)Cn2nc(C(F)F)c3c2C(F)(F)CCC3(F)F)Cc2cc(F)cc(F)c2)ccc1F. The summed E-state index contributed by atoms with van der Waals surface area (Å²) in [5, 5.41) is 3.30. The molecule has 2 aromatic carbocycles. The summed E-state index contributed by atoms with van der Waals surface area (Å²) in [6.45, 7) is -1.11. The first kappa shape index (κ1) is 35.2. The third kappa shape index (κ3) is 7.18. The number of halogens is 9. The number of nitrogens with two attached hydrogens (primary N) is 1. The van der Waals surface area contributed by atoms with Gasteiger partial charge in [0.15, 0.2) is 5.78 Å². The molecule has 0 saturated heterocycles. The van der Waals surface area contributed by atoms with Gasteiger partial charge in [0.05, 0.1) is 16.8 Å². The monoisotopic (exact) mass is 670 g/mol. The number of nitrogens with zero attached hydrogens (tertiary/aromatic N) is 3. The minimum absolute atomic E-state index is 0. The Bertz CT molecular complexity index is 1800. The number of alkyl halides is 6. The van der Waals surface area contributed by atoms with E-state index >= 15 is 0 Å². The van der Waals surface area contributed by atoms with E-state index in [9.17, 15) is 49.1 Å². The molecule has 1 atom stereocenters. The summed E-state index contributed by atoms with van der Waals surface area (Å²) in [5.41, 5.74) is 0.724. The molecule has 2 heterocycles. The number of primary amides is 1. The Morgan fingerprint density at radius 2 is 1.57 bits per heavy atom. The maximum Gasteiger partial charge on any atom is 0.290 e. The second-order valence-corrected chi connectivity index (χ2v) is 10.9. The van der Waals surface area contributed by atoms with E-state index in [1.54, 1.807) is 0 Å². The van der Waals surface area contributed by atoms with E-state index in [-0.39, 0.29) is 40.9 Å². The molecule has 5 rings (SSSR count). The molecule has 6 nitrogen and oxygen atoms in total. The van der Waals surface area contributed by atoms with Gasteiger partial charge in [-0.3, -0.25) is 19.3 Å². The smallest absolute Gasteiger partial charge is 0.290 e. The lowest BCUT2D eigenvalue weighted by atomic mass is 9.86. The zero-order valence-corrected chi connectivity index (χ0v) is 23.5. The van der Waals surface area contributed by atoms with Gasteiger partial charge in [-0.1, -0.05) is 19.6 Å². The van der Waals surface area contributed by atoms with E-state index in [1.807, 2.05) is 0 Å². The fourth-order valence-electron chi connectivity index (χ4n) is 5.69. The van der Waals surface area contributed by atoms with Gasteiger partial charge in [0.2, 0.25) is 0 Å². The van der Waals surface area contributed by atoms with Gasteiger partial charge < -0.3 is 5.73 Å². The molecule has 0 spiro atoms. The van der Waals surface area contributed by atoms with Crippen molar-refractivity contribution < 1.29 is 49.1 Å². The van der Waals surface area contributed by atoms with E-state index < -0.39 is 102 Å². The molecule has 0 unspecified atom stereocenters. The fourth-order valence-corrected chi connectivity index (χ4v) is 5.69. The Labute approximate surface area is 262 Å². The number of benzene rings is 2. The van der Waals surface area contributed by atoms with Crippen molar-refractivity contribution in [3.05, 3.63) is 106 Å². The number of aromatic nitrogens is 3. The van der Waals surface area contributed by atoms with Gasteiger partial charge in [0.1, 0.15) is 35.4 Å². The Kier molecular flexibility index (Phi) is 9.88. The van der Waals surface area contributed by atoms with Crippen LogP contribution < -0.4 is 5.73 Å². The van der Waals surface area contributed by atoms with Gasteiger partial charge in [-0.05, 0) is 47.9 Å². The molecule has 0 bridgehead atoms. The summed E-state index contributed by atoms with van der Waals surface area (Å²) >= 11 is 0. The predicted octanol–water partition coefficient (Wildman–Crippen LogP) is 8.00. The highest BCUT2D eigenvalue weighted by molar-refractivity contribution is 5.94. The van der Waals surface area contributed by atoms with Crippen LogP contribution in [0, 0.1) is 17.5 Å². The van der Waals surface area contributed by atoms with Crippen molar-refractivity contribution in [2.24, 2.45) is 5.73 Å². The maximum absolute atomic E-state index is 14.9. The molecule has 0 fully saturated rings. The van der Waals surface area contributed by atoms with Crippen LogP contribution in [0.5, 0.6) is 0 Å². The van der Waals surface area contributed by atoms with Crippen LogP contribution in [0.2, 0.25) is 0 Å². The van der Waals surface area contributed by atoms with Crippen molar-refractivity contribution >= 4 is 11.7 Å². The largest absolute Gasteiger partial charge is 0.366 e. The van der Waals surface area contributed by atoms with Gasteiger partial charge in [-0.15, -0.1) is 0 Å². The van der Waals surface area contributed by atoms with Crippen LogP contribution in [0.3, 0.4) is 0 Å². The first-order chi connectivity index (χ1) is 21.6. The molecule has 0 aliphatic heterocycles. The van der Waals surface area contributed by atoms with Gasteiger partial charge in [-0.25, -0.2) is 30.7 Å². The van der Waals surface area contributed by atoms with Gasteiger partial charge in [0.25, 0.3) is 24.2 Å². The standard InChI is InChI=1S/C31H23F9N4O2.CH4/c32-18-9-15(10-19(33)13-18)8-17(25-21(2-1-7-42-25)16-3-4-23(34)22(12-16)29(41)46)11-20(45)14-44-27-24(26(43-44)28(35)36)30(37,38)5-6-31(27,39)40;/h1-4,7,9-10,12-13,17,28H,5-6,8,11,14H2,(H2,41,46);1H4/t17-;/m1./s1. The van der Waals surface area contributed by atoms with Crippen molar-refractivity contribution in [1.82, 2.24) is 14.8 Å². The Morgan fingerprint density at radius 1 is 0.915 bits per heavy atom. The van der Waals surface area contributed by atoms with E-state index in [2.05, 4.69) is 10.1 Å². The summed E-state index contributed by atoms with van der Waals surface area (Å²) in [4.78, 5) is 29.5. The van der Waals surface area contributed by atoms with Gasteiger partial charge in [0, 0.05) is 43.0 Å². The summed E-state index contributed by atoms with van der Waals surface area (Å²) in [6.07, 6.45) is -6.00. The highest BCUT2D eigenvalue weighted by Gasteiger charge is 2.55. The molecular weight excluding hydrogens is 643 g/mol. The second-order valence-electron chi connectivity index (χ2n) is 10.9. The number of Topliss-reactive ketones (excluding diaryl/α,β-unsaturated/α-hetero) is 1. The van der Waals surface area contributed by atoms with Crippen molar-refractivity contribution in [3.8, 4) is 11.1 Å². The number of carbonyl (C=O) groups excluding carboxylic acids is 2. The summed E-state index contributed by atoms with van der Waals surface area (Å²) in [5.74, 6) is -14.0. The van der Waals surface area contributed by atoms with Crippen molar-refractivity contribution in [2.75, 3.05) is 0 Å². The van der Waals surface area contributed by atoms with Crippen LogP contribution in [0.4, 0.5) is 39.5 Å². The van der Waals surface area contributed by atoms with Crippen molar-refractivity contribution in [2.45, 2.75) is 63.8 Å². The van der Waals surface area contributed by atoms with E-state index in [0.29, 0.717) is 6.07 Å². The van der Waals surface area contributed by atoms with Crippen LogP contribution in [0.1, 0.15) is 77.6 Å². The topological polar surface area (TPSA) is 90.9 Å². The highest BCUT2D eigenvalue weighted by Crippen LogP contribution is 2.52. The number of fused-ring (bicyclic) bond motifs is 1. The minimum Gasteiger partial charge on any atom is -0.366 e. The predicted molar refractivity (Wildman–Crippen MR) is 152 cm³/mol. The number of hydrogen-bond donors (Lipinski definition) is 1. The lowest BCUT2D eigenvalue weighted by molar-refractivity contribution is -0.121. The van der Waals surface area contributed by atoms with Crippen LogP contribution in [-0.2, 0) is 29.6 Å². The highest BCUT2D eigenvalue weighted by atomic mass is 19.3. The second kappa shape index (κ2) is 13.2. The van der Waals surface area contributed by atoms with Crippen molar-refractivity contribution in [3.63, 3.8) is 0 Å². The first-order valence-corrected chi connectivity index (χ1v) is 13.7. The molecule has 2 N–H and O–H groups in total. The third-order valence-corrected chi connectivity index (χ3v) is 7.62. The average molecular weight is 671 g/mol. The van der Waals surface area contributed by atoms with Crippen LogP contribution in [-0.4, -0.2) is 26.5 Å². The number of pyridine rings is 1. The molecule has 0 radical (unpaired) electrons. The number of rotatable bonds is 10. The molecule has 2 aromatic heterocycles. The van der Waals surface area contributed by atoms with E-state index in [0.717, 1.165) is 24.3 Å². The lowest BCUT2D eigenvalue weighted by Gasteiger charge is -2.29. The normalized spacial score (nSPS) is 15.5. The molecule has 250 valence electrons. The van der Waals surface area contributed by atoms with Gasteiger partial charge >= 0.3 is 0 Å². The lowest BCUT2D eigenvalue weighted by Crippen LogP contribution is -2.33. The molecule has 1 aliphatic carbocycles. The average Bonchev–Trinajstić information content (AvgIpc) is 3.37. The fraction of sp³-hybridized carbons (Fsp3) is 0.312. The number of hydrogen-bond acceptors (Lipinski definition) is 4. The third-order valence-electron chi connectivity index (χ3n) is 7.62. The molecule has 47 heavy (non-hydrogen) atoms. The minimum atomic E-state index is -4.05. The summed E-state index contributed by atoms with van der Waals surface area (Å²) in [7, 11) is 0. The molecule has 15 heteroatoms. The number of ketones is 1.